The molecule has 0 fully saturated rings. The third-order valence-corrected chi connectivity index (χ3v) is 2.18. The molecule has 0 bridgehead atoms. The lowest BCUT2D eigenvalue weighted by Crippen LogP contribution is -2.00. The van der Waals surface area contributed by atoms with E-state index in [-0.39, 0.29) is 22.4 Å². The lowest BCUT2D eigenvalue weighted by molar-refractivity contribution is -0.385. The summed E-state index contributed by atoms with van der Waals surface area (Å²) in [6, 6.07) is 1.57. The molecule has 0 aromatic carbocycles. The van der Waals surface area contributed by atoms with Gasteiger partial charge in [-0.3, -0.25) is 10.1 Å². The third-order valence-electron chi connectivity index (χ3n) is 2.01. The van der Waals surface area contributed by atoms with Crippen molar-refractivity contribution in [1.29, 1.82) is 0 Å². The van der Waals surface area contributed by atoms with Gasteiger partial charge in [0.15, 0.2) is 5.69 Å². The average molecular weight is 240 g/mol. The SMILES string of the molecule is Cc1nc(Cl)nc(-c2ccoc2)c1[N+](=O)[O-]. The van der Waals surface area contributed by atoms with E-state index >= 15 is 0 Å². The molecule has 0 radical (unpaired) electrons. The number of hydrogen-bond acceptors (Lipinski definition) is 5. The molecule has 7 heteroatoms. The largest absolute Gasteiger partial charge is 0.472 e. The first-order valence-electron chi connectivity index (χ1n) is 4.30. The van der Waals surface area contributed by atoms with E-state index in [1.54, 1.807) is 6.07 Å². The van der Waals surface area contributed by atoms with E-state index in [1.807, 2.05) is 0 Å². The zero-order valence-corrected chi connectivity index (χ0v) is 8.93. The van der Waals surface area contributed by atoms with Crippen molar-refractivity contribution in [2.45, 2.75) is 6.92 Å². The molecule has 0 amide bonds. The smallest absolute Gasteiger partial charge is 0.316 e. The van der Waals surface area contributed by atoms with Crippen molar-refractivity contribution in [1.82, 2.24) is 9.97 Å². The van der Waals surface area contributed by atoms with Crippen LogP contribution in [-0.2, 0) is 0 Å². The van der Waals surface area contributed by atoms with Gasteiger partial charge in [0.05, 0.1) is 17.4 Å². The molecule has 16 heavy (non-hydrogen) atoms. The predicted octanol–water partition coefficient (Wildman–Crippen LogP) is 2.61. The lowest BCUT2D eigenvalue weighted by Gasteiger charge is -2.02. The summed E-state index contributed by atoms with van der Waals surface area (Å²) < 4.78 is 4.86. The molecule has 0 aliphatic rings. The first kappa shape index (κ1) is 10.6. The Morgan fingerprint density at radius 3 is 2.81 bits per heavy atom. The Balaban J connectivity index is 2.72. The van der Waals surface area contributed by atoms with Crippen LogP contribution in [0.3, 0.4) is 0 Å². The van der Waals surface area contributed by atoms with Gasteiger partial charge >= 0.3 is 5.69 Å². The van der Waals surface area contributed by atoms with Crippen LogP contribution < -0.4 is 0 Å². The monoisotopic (exact) mass is 239 g/mol. The molecular formula is C9H6ClN3O3. The van der Waals surface area contributed by atoms with Gasteiger partial charge in [0.25, 0.3) is 0 Å². The van der Waals surface area contributed by atoms with E-state index in [4.69, 9.17) is 16.0 Å². The van der Waals surface area contributed by atoms with Crippen molar-refractivity contribution in [2.24, 2.45) is 0 Å². The highest BCUT2D eigenvalue weighted by Crippen LogP contribution is 2.31. The van der Waals surface area contributed by atoms with E-state index in [9.17, 15) is 10.1 Å². The molecule has 0 atom stereocenters. The van der Waals surface area contributed by atoms with Crippen LogP contribution in [-0.4, -0.2) is 14.9 Å². The van der Waals surface area contributed by atoms with E-state index in [0.717, 1.165) is 0 Å². The van der Waals surface area contributed by atoms with E-state index in [1.165, 1.54) is 19.5 Å². The Morgan fingerprint density at radius 1 is 1.50 bits per heavy atom. The number of aromatic nitrogens is 2. The number of nitrogens with zero attached hydrogens (tertiary/aromatic N) is 3. The van der Waals surface area contributed by atoms with Gasteiger partial charge in [-0.05, 0) is 24.6 Å². The molecule has 0 aliphatic heterocycles. The summed E-state index contributed by atoms with van der Waals surface area (Å²) in [7, 11) is 0. The van der Waals surface area contributed by atoms with Crippen molar-refractivity contribution in [3.05, 3.63) is 39.7 Å². The summed E-state index contributed by atoms with van der Waals surface area (Å²) in [4.78, 5) is 18.0. The van der Waals surface area contributed by atoms with Crippen LogP contribution in [0.4, 0.5) is 5.69 Å². The molecule has 2 aromatic heterocycles. The maximum atomic E-state index is 10.9. The van der Waals surface area contributed by atoms with Crippen molar-refractivity contribution >= 4 is 17.3 Å². The van der Waals surface area contributed by atoms with Crippen LogP contribution in [0, 0.1) is 17.0 Å². The lowest BCUT2D eigenvalue weighted by atomic mass is 10.2. The zero-order valence-electron chi connectivity index (χ0n) is 8.18. The maximum absolute atomic E-state index is 10.9. The summed E-state index contributed by atoms with van der Waals surface area (Å²) in [6.07, 6.45) is 2.77. The number of nitro groups is 1. The summed E-state index contributed by atoms with van der Waals surface area (Å²) >= 11 is 5.67. The van der Waals surface area contributed by atoms with Crippen molar-refractivity contribution in [3.63, 3.8) is 0 Å². The summed E-state index contributed by atoms with van der Waals surface area (Å²) in [5.74, 6) is 0. The minimum absolute atomic E-state index is 0.0284. The fourth-order valence-corrected chi connectivity index (χ4v) is 1.56. The highest BCUT2D eigenvalue weighted by Gasteiger charge is 2.23. The normalized spacial score (nSPS) is 10.4. The Kier molecular flexibility index (Phi) is 2.57. The molecule has 82 valence electrons. The van der Waals surface area contributed by atoms with E-state index in [2.05, 4.69) is 9.97 Å². The van der Waals surface area contributed by atoms with Crippen LogP contribution in [0.25, 0.3) is 11.3 Å². The average Bonchev–Trinajstić information content (AvgIpc) is 2.67. The van der Waals surface area contributed by atoms with Gasteiger partial charge in [0.2, 0.25) is 5.28 Å². The van der Waals surface area contributed by atoms with Gasteiger partial charge in [-0.25, -0.2) is 9.97 Å². The second kappa shape index (κ2) is 3.90. The van der Waals surface area contributed by atoms with Gasteiger partial charge in [0.1, 0.15) is 5.69 Å². The molecule has 2 heterocycles. The topological polar surface area (TPSA) is 82.1 Å². The van der Waals surface area contributed by atoms with Crippen molar-refractivity contribution in [3.8, 4) is 11.3 Å². The number of aryl methyl sites for hydroxylation is 1. The highest BCUT2D eigenvalue weighted by molar-refractivity contribution is 6.28. The van der Waals surface area contributed by atoms with Crippen molar-refractivity contribution in [2.75, 3.05) is 0 Å². The second-order valence-corrected chi connectivity index (χ2v) is 3.38. The van der Waals surface area contributed by atoms with Crippen LogP contribution >= 0.6 is 11.6 Å². The predicted molar refractivity (Wildman–Crippen MR) is 56.1 cm³/mol. The standard InChI is InChI=1S/C9H6ClN3O3/c1-5-8(13(14)15)7(12-9(10)11-5)6-2-3-16-4-6/h2-4H,1H3. The Bertz CT molecular complexity index is 539. The van der Waals surface area contributed by atoms with Gasteiger partial charge in [0, 0.05) is 5.56 Å². The summed E-state index contributed by atoms with van der Waals surface area (Å²) in [5, 5.41) is 10.9. The number of halogens is 1. The first-order valence-corrected chi connectivity index (χ1v) is 4.68. The first-order chi connectivity index (χ1) is 7.59. The highest BCUT2D eigenvalue weighted by atomic mass is 35.5. The van der Waals surface area contributed by atoms with Crippen molar-refractivity contribution < 1.29 is 9.34 Å². The second-order valence-electron chi connectivity index (χ2n) is 3.04. The Hall–Kier alpha value is -1.95. The molecule has 6 nitrogen and oxygen atoms in total. The minimum atomic E-state index is -0.534. The Labute approximate surface area is 95.0 Å². The van der Waals surface area contributed by atoms with Crippen LogP contribution in [0.1, 0.15) is 5.69 Å². The number of hydrogen-bond donors (Lipinski definition) is 0. The fourth-order valence-electron chi connectivity index (χ4n) is 1.35. The number of rotatable bonds is 2. The molecule has 0 unspecified atom stereocenters. The molecule has 0 saturated carbocycles. The van der Waals surface area contributed by atoms with E-state index < -0.39 is 4.92 Å². The van der Waals surface area contributed by atoms with Crippen LogP contribution in [0.5, 0.6) is 0 Å². The van der Waals surface area contributed by atoms with Gasteiger partial charge in [-0.15, -0.1) is 0 Å². The van der Waals surface area contributed by atoms with E-state index in [0.29, 0.717) is 5.56 Å². The van der Waals surface area contributed by atoms with Gasteiger partial charge < -0.3 is 4.42 Å². The molecule has 0 spiro atoms. The molecule has 0 saturated heterocycles. The molecular weight excluding hydrogens is 234 g/mol. The zero-order chi connectivity index (χ0) is 11.7. The summed E-state index contributed by atoms with van der Waals surface area (Å²) in [5.41, 5.74) is 0.724. The molecule has 2 rings (SSSR count). The minimum Gasteiger partial charge on any atom is -0.472 e. The fraction of sp³-hybridized carbons (Fsp3) is 0.111. The van der Waals surface area contributed by atoms with Gasteiger partial charge in [-0.1, -0.05) is 0 Å². The molecule has 0 aliphatic carbocycles. The Morgan fingerprint density at radius 2 is 2.25 bits per heavy atom. The maximum Gasteiger partial charge on any atom is 0.316 e. The summed E-state index contributed by atoms with van der Waals surface area (Å²) in [6.45, 7) is 1.51. The van der Waals surface area contributed by atoms with Gasteiger partial charge in [-0.2, -0.15) is 0 Å². The third kappa shape index (κ3) is 1.74. The molecule has 0 N–H and O–H groups in total. The van der Waals surface area contributed by atoms with Crippen LogP contribution in [0.15, 0.2) is 23.0 Å². The van der Waals surface area contributed by atoms with Crippen LogP contribution in [0.2, 0.25) is 5.28 Å². The number of furan rings is 1. The quantitative estimate of drug-likeness (QED) is 0.457. The molecule has 2 aromatic rings.